The van der Waals surface area contributed by atoms with Gasteiger partial charge in [-0.25, -0.2) is 4.39 Å². The first-order valence-corrected chi connectivity index (χ1v) is 11.9. The van der Waals surface area contributed by atoms with Gasteiger partial charge in [-0.2, -0.15) is 0 Å². The third-order valence-corrected chi connectivity index (χ3v) is 7.08. The first kappa shape index (κ1) is 21.8. The molecule has 0 bridgehead atoms. The quantitative estimate of drug-likeness (QED) is 0.308. The topological polar surface area (TPSA) is 33.1 Å². The van der Waals surface area contributed by atoms with Crippen LogP contribution in [0.15, 0.2) is 83.5 Å². The van der Waals surface area contributed by atoms with Gasteiger partial charge in [0.15, 0.2) is 5.11 Å². The Morgan fingerprint density at radius 2 is 1.67 bits per heavy atom. The number of nitrogens with zero attached hydrogens (tertiary/aromatic N) is 3. The van der Waals surface area contributed by atoms with Crippen LogP contribution in [0.2, 0.25) is 0 Å². The maximum absolute atomic E-state index is 15.0. The number of aryl methyl sites for hydroxylation is 1. The molecule has 4 nitrogen and oxygen atoms in total. The van der Waals surface area contributed by atoms with E-state index in [0.29, 0.717) is 10.8 Å². The van der Waals surface area contributed by atoms with Gasteiger partial charge in [-0.1, -0.05) is 30.3 Å². The van der Waals surface area contributed by atoms with Crippen molar-refractivity contribution in [3.8, 4) is 5.69 Å². The highest BCUT2D eigenvalue weighted by atomic mass is 79.9. The number of aromatic nitrogens is 2. The fraction of sp³-hybridized carbons (Fsp3) is 0.154. The number of halogens is 2. The molecule has 0 aliphatic carbocycles. The van der Waals surface area contributed by atoms with Crippen LogP contribution in [-0.2, 0) is 0 Å². The summed E-state index contributed by atoms with van der Waals surface area (Å²) in [5, 5.41) is 3.89. The number of benzene rings is 2. The molecule has 1 saturated heterocycles. The molecule has 0 amide bonds. The van der Waals surface area contributed by atoms with Crippen LogP contribution >= 0.6 is 28.1 Å². The Balaban J connectivity index is 1.71. The molecular formula is C26H22BrFN4S. The van der Waals surface area contributed by atoms with Gasteiger partial charge in [0.2, 0.25) is 0 Å². The summed E-state index contributed by atoms with van der Waals surface area (Å²) >= 11 is 9.43. The zero-order valence-corrected chi connectivity index (χ0v) is 20.6. The van der Waals surface area contributed by atoms with Crippen LogP contribution in [-0.4, -0.2) is 14.7 Å². The van der Waals surface area contributed by atoms with E-state index in [1.807, 2.05) is 47.4 Å². The van der Waals surface area contributed by atoms with Gasteiger partial charge in [-0.3, -0.25) is 4.98 Å². The lowest BCUT2D eigenvalue weighted by atomic mass is 9.96. The standard InChI is InChI=1S/C26H22BrFN4S/c1-16-15-18(17(2)31(16)22-12-5-3-9-19(22)27)25-24(21-11-7-8-14-29-21)30-26(33)32(25)23-13-6-4-10-20(23)28/h3-15,24-25H,1-2H3,(H,30,33)/t24-,25-/m1/s1. The van der Waals surface area contributed by atoms with Crippen LogP contribution in [0.25, 0.3) is 5.69 Å². The van der Waals surface area contributed by atoms with Gasteiger partial charge < -0.3 is 14.8 Å². The molecule has 2 aromatic carbocycles. The van der Waals surface area contributed by atoms with Gasteiger partial charge in [0.05, 0.1) is 29.2 Å². The van der Waals surface area contributed by atoms with Crippen molar-refractivity contribution in [1.29, 1.82) is 0 Å². The minimum Gasteiger partial charge on any atom is -0.351 e. The number of nitrogens with one attached hydrogen (secondary N) is 1. The van der Waals surface area contributed by atoms with Crippen molar-refractivity contribution in [2.24, 2.45) is 0 Å². The lowest BCUT2D eigenvalue weighted by molar-refractivity contribution is 0.556. The van der Waals surface area contributed by atoms with Gasteiger partial charge in [0, 0.05) is 22.1 Å². The molecule has 2 atom stereocenters. The van der Waals surface area contributed by atoms with Crippen LogP contribution in [0.4, 0.5) is 10.1 Å². The second kappa shape index (κ2) is 8.72. The highest BCUT2D eigenvalue weighted by molar-refractivity contribution is 9.10. The Kier molecular flexibility index (Phi) is 5.76. The number of pyridine rings is 1. The Labute approximate surface area is 206 Å². The summed E-state index contributed by atoms with van der Waals surface area (Å²) in [5.74, 6) is -0.312. The van der Waals surface area contributed by atoms with E-state index in [1.165, 1.54) is 6.07 Å². The maximum Gasteiger partial charge on any atom is 0.174 e. The summed E-state index contributed by atoms with van der Waals surface area (Å²) in [7, 11) is 0. The van der Waals surface area contributed by atoms with Gasteiger partial charge in [0.25, 0.3) is 0 Å². The predicted molar refractivity (Wildman–Crippen MR) is 137 cm³/mol. The SMILES string of the molecule is Cc1cc([C@@H]2[C@@H](c3ccccn3)NC(=S)N2c2ccccc2F)c(C)n1-c1ccccc1Br. The normalized spacial score (nSPS) is 17.9. The third-order valence-electron chi connectivity index (χ3n) is 6.09. The Bertz CT molecular complexity index is 1340. The Morgan fingerprint density at radius 3 is 2.36 bits per heavy atom. The van der Waals surface area contributed by atoms with Crippen molar-refractivity contribution in [3.05, 3.63) is 112 Å². The van der Waals surface area contributed by atoms with Crippen LogP contribution in [0.3, 0.4) is 0 Å². The minimum absolute atomic E-state index is 0.230. The summed E-state index contributed by atoms with van der Waals surface area (Å²) in [6.45, 7) is 4.18. The zero-order valence-electron chi connectivity index (χ0n) is 18.2. The third kappa shape index (κ3) is 3.75. The Hall–Kier alpha value is -3.03. The number of para-hydroxylation sites is 2. The molecule has 166 valence electrons. The van der Waals surface area contributed by atoms with E-state index >= 15 is 0 Å². The first-order chi connectivity index (χ1) is 16.0. The number of rotatable bonds is 4. The molecule has 1 aliphatic rings. The first-order valence-electron chi connectivity index (χ1n) is 10.7. The highest BCUT2D eigenvalue weighted by Gasteiger charge is 2.43. The second-order valence-electron chi connectivity index (χ2n) is 8.06. The van der Waals surface area contributed by atoms with Crippen LogP contribution in [0, 0.1) is 19.7 Å². The average Bonchev–Trinajstić information content (AvgIpc) is 3.30. The van der Waals surface area contributed by atoms with Gasteiger partial charge >= 0.3 is 0 Å². The second-order valence-corrected chi connectivity index (χ2v) is 9.30. The van der Waals surface area contributed by atoms with Crippen molar-refractivity contribution < 1.29 is 4.39 Å². The molecule has 0 saturated carbocycles. The van der Waals surface area contributed by atoms with E-state index in [-0.39, 0.29) is 17.9 Å². The summed E-state index contributed by atoms with van der Waals surface area (Å²) < 4.78 is 18.2. The molecule has 0 unspecified atom stereocenters. The van der Waals surface area contributed by atoms with Crippen molar-refractivity contribution in [3.63, 3.8) is 0 Å². The van der Waals surface area contributed by atoms with Crippen LogP contribution < -0.4 is 10.2 Å². The molecule has 5 rings (SSSR count). The molecule has 1 aliphatic heterocycles. The molecule has 2 aromatic heterocycles. The van der Waals surface area contributed by atoms with Gasteiger partial charge in [0.1, 0.15) is 5.82 Å². The van der Waals surface area contributed by atoms with E-state index in [0.717, 1.165) is 32.8 Å². The molecule has 0 radical (unpaired) electrons. The number of anilines is 1. The van der Waals surface area contributed by atoms with E-state index in [1.54, 1.807) is 18.3 Å². The fourth-order valence-corrected chi connectivity index (χ4v) is 5.47. The van der Waals surface area contributed by atoms with Crippen LogP contribution in [0.5, 0.6) is 0 Å². The summed E-state index contributed by atoms with van der Waals surface area (Å²) in [4.78, 5) is 6.48. The van der Waals surface area contributed by atoms with Gasteiger partial charge in [-0.15, -0.1) is 0 Å². The number of thiocarbonyl (C=S) groups is 1. The zero-order chi connectivity index (χ0) is 23.1. The van der Waals surface area contributed by atoms with Crippen molar-refractivity contribution in [2.75, 3.05) is 4.90 Å². The lowest BCUT2D eigenvalue weighted by Crippen LogP contribution is -2.30. The molecule has 7 heteroatoms. The number of hydrogen-bond acceptors (Lipinski definition) is 2. The van der Waals surface area contributed by atoms with E-state index in [9.17, 15) is 4.39 Å². The number of hydrogen-bond donors (Lipinski definition) is 1. The molecule has 4 aromatic rings. The van der Waals surface area contributed by atoms with Crippen LogP contribution in [0.1, 0.15) is 34.7 Å². The van der Waals surface area contributed by atoms with Crippen molar-refractivity contribution in [2.45, 2.75) is 25.9 Å². The fourth-order valence-electron chi connectivity index (χ4n) is 4.67. The van der Waals surface area contributed by atoms with E-state index < -0.39 is 0 Å². The Morgan fingerprint density at radius 1 is 0.970 bits per heavy atom. The molecule has 1 fully saturated rings. The van der Waals surface area contributed by atoms with Gasteiger partial charge in [-0.05, 0) is 90.0 Å². The summed E-state index contributed by atoms with van der Waals surface area (Å²) in [5.41, 5.74) is 5.57. The molecule has 3 heterocycles. The maximum atomic E-state index is 15.0. The molecular weight excluding hydrogens is 499 g/mol. The summed E-state index contributed by atoms with van der Waals surface area (Å²) in [6, 6.07) is 22.4. The largest absolute Gasteiger partial charge is 0.351 e. The minimum atomic E-state index is -0.312. The van der Waals surface area contributed by atoms with E-state index in [2.05, 4.69) is 56.8 Å². The highest BCUT2D eigenvalue weighted by Crippen LogP contribution is 2.44. The van der Waals surface area contributed by atoms with Crippen molar-refractivity contribution in [1.82, 2.24) is 14.9 Å². The van der Waals surface area contributed by atoms with E-state index in [4.69, 9.17) is 12.2 Å². The summed E-state index contributed by atoms with van der Waals surface area (Å²) in [6.07, 6.45) is 1.77. The smallest absolute Gasteiger partial charge is 0.174 e. The molecule has 33 heavy (non-hydrogen) atoms. The molecule has 0 spiro atoms. The predicted octanol–water partition coefficient (Wildman–Crippen LogP) is 6.57. The molecule has 1 N–H and O–H groups in total. The lowest BCUT2D eigenvalue weighted by Gasteiger charge is -2.28. The van der Waals surface area contributed by atoms with Crippen molar-refractivity contribution >= 4 is 38.9 Å². The monoisotopic (exact) mass is 520 g/mol. The average molecular weight is 521 g/mol.